The summed E-state index contributed by atoms with van der Waals surface area (Å²) < 4.78 is 1.98. The summed E-state index contributed by atoms with van der Waals surface area (Å²) in [6, 6.07) is 0. The molecule has 0 bridgehead atoms. The molecule has 1 aromatic rings. The summed E-state index contributed by atoms with van der Waals surface area (Å²) in [5.41, 5.74) is 0. The first-order valence-electron chi connectivity index (χ1n) is 4.77. The summed E-state index contributed by atoms with van der Waals surface area (Å²) in [5, 5.41) is 8.25. The first-order valence-corrected chi connectivity index (χ1v) is 5.20. The topological polar surface area (TPSA) is 30.7 Å². The molecule has 0 aromatic carbocycles. The van der Waals surface area contributed by atoms with Gasteiger partial charge < -0.3 is 4.57 Å². The molecule has 2 rings (SSSR count). The predicted molar refractivity (Wildman–Crippen MR) is 51.9 cm³/mol. The third-order valence-electron chi connectivity index (χ3n) is 2.76. The van der Waals surface area contributed by atoms with Gasteiger partial charge in [-0.15, -0.1) is 21.8 Å². The fourth-order valence-corrected chi connectivity index (χ4v) is 2.40. The van der Waals surface area contributed by atoms with Crippen molar-refractivity contribution in [2.75, 3.05) is 0 Å². The Hall–Kier alpha value is -0.570. The Morgan fingerprint density at radius 2 is 2.23 bits per heavy atom. The maximum Gasteiger partial charge on any atom is 0.137 e. The molecule has 2 unspecified atom stereocenters. The van der Waals surface area contributed by atoms with E-state index < -0.39 is 0 Å². The number of aromatic nitrogens is 3. The van der Waals surface area contributed by atoms with E-state index in [1.54, 1.807) is 6.33 Å². The van der Waals surface area contributed by atoms with Crippen molar-refractivity contribution in [2.45, 2.75) is 37.0 Å². The lowest BCUT2D eigenvalue weighted by Gasteiger charge is -2.25. The van der Waals surface area contributed by atoms with Crippen LogP contribution in [0.5, 0.6) is 0 Å². The first-order chi connectivity index (χ1) is 6.29. The summed E-state index contributed by atoms with van der Waals surface area (Å²) >= 11 is 6.26. The molecule has 0 aliphatic heterocycles. The molecule has 1 heterocycles. The largest absolute Gasteiger partial charge is 0.320 e. The molecule has 1 fully saturated rings. The third-order valence-corrected chi connectivity index (χ3v) is 3.28. The van der Waals surface area contributed by atoms with Crippen molar-refractivity contribution in [2.24, 2.45) is 7.05 Å². The van der Waals surface area contributed by atoms with E-state index in [1.165, 1.54) is 12.8 Å². The molecule has 1 saturated carbocycles. The summed E-state index contributed by atoms with van der Waals surface area (Å²) in [7, 11) is 1.98. The quantitative estimate of drug-likeness (QED) is 0.649. The molecule has 0 amide bonds. The highest BCUT2D eigenvalue weighted by Gasteiger charge is 2.27. The SMILES string of the molecule is Cn1cnnc1C1CCCCC1Cl. The predicted octanol–water partition coefficient (Wildman–Crippen LogP) is 2.08. The van der Waals surface area contributed by atoms with Crippen LogP contribution >= 0.6 is 11.6 Å². The first kappa shape index (κ1) is 9.00. The smallest absolute Gasteiger partial charge is 0.137 e. The molecule has 2 atom stereocenters. The van der Waals surface area contributed by atoms with Crippen molar-refractivity contribution in [3.63, 3.8) is 0 Å². The molecule has 13 heavy (non-hydrogen) atoms. The van der Waals surface area contributed by atoms with Gasteiger partial charge in [-0.3, -0.25) is 0 Å². The van der Waals surface area contributed by atoms with Gasteiger partial charge in [0.1, 0.15) is 12.2 Å². The lowest BCUT2D eigenvalue weighted by atomic mass is 9.88. The van der Waals surface area contributed by atoms with Crippen LogP contribution in [-0.4, -0.2) is 20.1 Å². The minimum atomic E-state index is 0.247. The molecule has 72 valence electrons. The van der Waals surface area contributed by atoms with Gasteiger partial charge in [0.05, 0.1) is 0 Å². The third kappa shape index (κ3) is 1.70. The number of alkyl halides is 1. The highest BCUT2D eigenvalue weighted by molar-refractivity contribution is 6.21. The van der Waals surface area contributed by atoms with Crippen LogP contribution in [0.2, 0.25) is 0 Å². The van der Waals surface area contributed by atoms with E-state index in [2.05, 4.69) is 10.2 Å². The number of halogens is 1. The molecular weight excluding hydrogens is 186 g/mol. The summed E-state index contributed by atoms with van der Waals surface area (Å²) in [4.78, 5) is 0. The number of hydrogen-bond donors (Lipinski definition) is 0. The monoisotopic (exact) mass is 199 g/mol. The van der Waals surface area contributed by atoms with Crippen LogP contribution in [0, 0.1) is 0 Å². The molecule has 0 spiro atoms. The Labute approximate surface area is 83.1 Å². The molecule has 1 aliphatic rings. The van der Waals surface area contributed by atoms with Crippen molar-refractivity contribution in [3.8, 4) is 0 Å². The van der Waals surface area contributed by atoms with E-state index >= 15 is 0 Å². The van der Waals surface area contributed by atoms with Gasteiger partial charge in [0.25, 0.3) is 0 Å². The van der Waals surface area contributed by atoms with Crippen LogP contribution in [0.1, 0.15) is 37.4 Å². The van der Waals surface area contributed by atoms with Crippen LogP contribution in [0.15, 0.2) is 6.33 Å². The highest BCUT2D eigenvalue weighted by atomic mass is 35.5. The Morgan fingerprint density at radius 1 is 1.46 bits per heavy atom. The highest BCUT2D eigenvalue weighted by Crippen LogP contribution is 2.34. The van der Waals surface area contributed by atoms with E-state index in [0.29, 0.717) is 5.92 Å². The molecule has 0 N–H and O–H groups in total. The lowest BCUT2D eigenvalue weighted by Crippen LogP contribution is -2.20. The van der Waals surface area contributed by atoms with Crippen LogP contribution in [0.4, 0.5) is 0 Å². The Balaban J connectivity index is 2.19. The van der Waals surface area contributed by atoms with Crippen LogP contribution in [-0.2, 0) is 7.05 Å². The van der Waals surface area contributed by atoms with Gasteiger partial charge in [-0.25, -0.2) is 0 Å². The molecule has 3 nitrogen and oxygen atoms in total. The molecule has 1 aromatic heterocycles. The van der Waals surface area contributed by atoms with Crippen molar-refractivity contribution in [1.29, 1.82) is 0 Å². The van der Waals surface area contributed by atoms with Gasteiger partial charge in [-0.2, -0.15) is 0 Å². The van der Waals surface area contributed by atoms with E-state index in [-0.39, 0.29) is 5.38 Å². The maximum atomic E-state index is 6.26. The van der Waals surface area contributed by atoms with E-state index in [1.807, 2.05) is 11.6 Å². The van der Waals surface area contributed by atoms with E-state index in [4.69, 9.17) is 11.6 Å². The van der Waals surface area contributed by atoms with Gasteiger partial charge in [-0.1, -0.05) is 12.8 Å². The maximum absolute atomic E-state index is 6.26. The normalized spacial score (nSPS) is 29.1. The Kier molecular flexibility index (Phi) is 2.54. The summed E-state index contributed by atoms with van der Waals surface area (Å²) in [6.07, 6.45) is 6.52. The Morgan fingerprint density at radius 3 is 2.85 bits per heavy atom. The second kappa shape index (κ2) is 3.66. The average Bonchev–Trinajstić information content (AvgIpc) is 2.52. The molecule has 0 saturated heterocycles. The zero-order valence-corrected chi connectivity index (χ0v) is 8.54. The standard InChI is InChI=1S/C9H14ClN3/c1-13-6-11-12-9(13)7-4-2-3-5-8(7)10/h6-8H,2-5H2,1H3. The second-order valence-corrected chi connectivity index (χ2v) is 4.27. The number of hydrogen-bond acceptors (Lipinski definition) is 2. The van der Waals surface area contributed by atoms with Gasteiger partial charge in [0, 0.05) is 18.3 Å². The zero-order valence-electron chi connectivity index (χ0n) is 7.78. The van der Waals surface area contributed by atoms with Crippen molar-refractivity contribution in [1.82, 2.24) is 14.8 Å². The fraction of sp³-hybridized carbons (Fsp3) is 0.778. The molecular formula is C9H14ClN3. The van der Waals surface area contributed by atoms with Crippen molar-refractivity contribution in [3.05, 3.63) is 12.2 Å². The van der Waals surface area contributed by atoms with Gasteiger partial charge >= 0.3 is 0 Å². The summed E-state index contributed by atoms with van der Waals surface area (Å²) in [5.74, 6) is 1.45. The zero-order chi connectivity index (χ0) is 9.26. The number of rotatable bonds is 1. The van der Waals surface area contributed by atoms with Crippen molar-refractivity contribution < 1.29 is 0 Å². The summed E-state index contributed by atoms with van der Waals surface area (Å²) in [6.45, 7) is 0. The van der Waals surface area contributed by atoms with E-state index in [9.17, 15) is 0 Å². The van der Waals surface area contributed by atoms with Gasteiger partial charge in [0.2, 0.25) is 0 Å². The lowest BCUT2D eigenvalue weighted by molar-refractivity contribution is 0.427. The van der Waals surface area contributed by atoms with Crippen molar-refractivity contribution >= 4 is 11.6 Å². The molecule has 4 heteroatoms. The van der Waals surface area contributed by atoms with Crippen LogP contribution < -0.4 is 0 Å². The second-order valence-electron chi connectivity index (χ2n) is 3.71. The molecule has 1 aliphatic carbocycles. The number of aryl methyl sites for hydroxylation is 1. The van der Waals surface area contributed by atoms with Crippen LogP contribution in [0.3, 0.4) is 0 Å². The minimum absolute atomic E-state index is 0.247. The van der Waals surface area contributed by atoms with Crippen LogP contribution in [0.25, 0.3) is 0 Å². The van der Waals surface area contributed by atoms with Gasteiger partial charge in [-0.05, 0) is 12.8 Å². The fourth-order valence-electron chi connectivity index (χ4n) is 2.00. The van der Waals surface area contributed by atoms with E-state index in [0.717, 1.165) is 18.7 Å². The average molecular weight is 200 g/mol. The Bertz CT molecular complexity index is 284. The van der Waals surface area contributed by atoms with Gasteiger partial charge in [0.15, 0.2) is 0 Å². The molecule has 0 radical (unpaired) electrons. The number of nitrogens with zero attached hydrogens (tertiary/aromatic N) is 3. The minimum Gasteiger partial charge on any atom is -0.320 e.